The molecule has 1 aromatic carbocycles. The molecule has 0 amide bonds. The largest absolute Gasteiger partial charge is 0.388 e. The number of carbonyl (C=O) groups excluding carboxylic acids is 4. The number of hydrogen-bond acceptors (Lipinski definition) is 7. The molecule has 4 aliphatic carbocycles. The van der Waals surface area contributed by atoms with Gasteiger partial charge in [0.25, 0.3) is 0 Å². The van der Waals surface area contributed by atoms with Gasteiger partial charge in [0.05, 0.1) is 16.4 Å². The van der Waals surface area contributed by atoms with Crippen molar-refractivity contribution in [3.63, 3.8) is 0 Å². The van der Waals surface area contributed by atoms with Crippen LogP contribution in [0, 0.1) is 33.5 Å². The Kier molecular flexibility index (Phi) is 8.16. The van der Waals surface area contributed by atoms with E-state index in [2.05, 4.69) is 19.9 Å². The van der Waals surface area contributed by atoms with Crippen LogP contribution >= 0.6 is 0 Å². The van der Waals surface area contributed by atoms with Crippen molar-refractivity contribution in [1.29, 1.82) is 0 Å². The number of aliphatic hydroxyl groups is 1. The Labute approximate surface area is 267 Å². The Bertz CT molecular complexity index is 1470. The first-order valence-electron chi connectivity index (χ1n) is 16.4. The summed E-state index contributed by atoms with van der Waals surface area (Å²) in [6.07, 6.45) is 5.31. The zero-order chi connectivity index (χ0) is 33.4. The summed E-state index contributed by atoms with van der Waals surface area (Å²) in [6.45, 7) is 16.6. The van der Waals surface area contributed by atoms with Crippen LogP contribution in [0.4, 0.5) is 0 Å². The predicted molar refractivity (Wildman–Crippen MR) is 171 cm³/mol. The molecule has 45 heavy (non-hydrogen) atoms. The molecule has 1 heterocycles. The van der Waals surface area contributed by atoms with Crippen LogP contribution in [-0.2, 0) is 24.2 Å². The zero-order valence-corrected chi connectivity index (χ0v) is 28.4. The highest BCUT2D eigenvalue weighted by atomic mass is 17.2. The van der Waals surface area contributed by atoms with Gasteiger partial charge < -0.3 is 5.11 Å². The fourth-order valence-electron chi connectivity index (χ4n) is 9.11. The van der Waals surface area contributed by atoms with Crippen molar-refractivity contribution in [2.45, 2.75) is 118 Å². The van der Waals surface area contributed by atoms with Crippen molar-refractivity contribution in [3.05, 3.63) is 59.2 Å². The summed E-state index contributed by atoms with van der Waals surface area (Å²) in [5, 5.41) is 11.2. The maximum absolute atomic E-state index is 15.6. The van der Waals surface area contributed by atoms with Gasteiger partial charge in [-0.25, -0.2) is 9.78 Å². The van der Waals surface area contributed by atoms with Gasteiger partial charge >= 0.3 is 0 Å². The van der Waals surface area contributed by atoms with Crippen molar-refractivity contribution in [2.24, 2.45) is 33.5 Å². The Hall–Kier alpha value is -2.74. The van der Waals surface area contributed by atoms with E-state index in [0.717, 1.165) is 18.4 Å². The lowest BCUT2D eigenvalue weighted by Gasteiger charge is -2.61. The summed E-state index contributed by atoms with van der Waals surface area (Å²) < 4.78 is 0. The fraction of sp³-hybridized carbons (Fsp3) is 0.632. The van der Waals surface area contributed by atoms with E-state index in [-0.39, 0.29) is 30.7 Å². The van der Waals surface area contributed by atoms with E-state index in [9.17, 15) is 9.90 Å². The van der Waals surface area contributed by atoms with E-state index in [1.165, 1.54) is 5.57 Å². The highest BCUT2D eigenvalue weighted by Gasteiger charge is 2.85. The number of allylic oxidation sites excluding steroid dienone is 4. The van der Waals surface area contributed by atoms with E-state index in [1.807, 2.05) is 26.8 Å². The molecule has 1 N–H and O–H groups in total. The van der Waals surface area contributed by atoms with E-state index in [1.54, 1.807) is 58.0 Å². The summed E-state index contributed by atoms with van der Waals surface area (Å²) >= 11 is 0. The second kappa shape index (κ2) is 10.9. The summed E-state index contributed by atoms with van der Waals surface area (Å²) in [7, 11) is 0. The quantitative estimate of drug-likeness (QED) is 0.145. The highest BCUT2D eigenvalue weighted by Crippen LogP contribution is 2.73. The molecule has 0 radical (unpaired) electrons. The number of Topliss-reactive ketones (excluding diaryl/α,β-unsaturated/α-hetero) is 4. The minimum atomic E-state index is -2.09. The van der Waals surface area contributed by atoms with Crippen LogP contribution in [0.3, 0.4) is 0 Å². The average molecular weight is 619 g/mol. The first-order chi connectivity index (χ1) is 20.8. The van der Waals surface area contributed by atoms with Crippen LogP contribution in [0.15, 0.2) is 53.6 Å². The van der Waals surface area contributed by atoms with Gasteiger partial charge in [-0.3, -0.25) is 19.2 Å². The molecule has 5 fully saturated rings. The Morgan fingerprint density at radius 2 is 1.60 bits per heavy atom. The van der Waals surface area contributed by atoms with Crippen LogP contribution in [0.5, 0.6) is 0 Å². The summed E-state index contributed by atoms with van der Waals surface area (Å²) in [6, 6.07) is 8.54. The van der Waals surface area contributed by atoms with Crippen molar-refractivity contribution in [1.82, 2.24) is 0 Å². The molecule has 5 aliphatic rings. The van der Waals surface area contributed by atoms with Crippen molar-refractivity contribution >= 4 is 23.1 Å². The number of rotatable bonds is 8. The van der Waals surface area contributed by atoms with Gasteiger partial charge in [0.15, 0.2) is 28.5 Å². The molecule has 1 saturated heterocycles. The number of hydrogen-bond donors (Lipinski definition) is 1. The minimum Gasteiger partial charge on any atom is -0.388 e. The lowest BCUT2D eigenvalue weighted by molar-refractivity contribution is -0.394. The third kappa shape index (κ3) is 4.71. The van der Waals surface area contributed by atoms with Crippen LogP contribution in [0.1, 0.15) is 111 Å². The van der Waals surface area contributed by atoms with Gasteiger partial charge in [0.1, 0.15) is 11.7 Å². The molecule has 6 atom stereocenters. The fourth-order valence-corrected chi connectivity index (χ4v) is 9.11. The first-order valence-corrected chi connectivity index (χ1v) is 16.4. The predicted octanol–water partition coefficient (Wildman–Crippen LogP) is 6.97. The van der Waals surface area contributed by atoms with Crippen molar-refractivity contribution < 1.29 is 34.1 Å². The molecule has 6 rings (SSSR count). The molecule has 244 valence electrons. The van der Waals surface area contributed by atoms with Gasteiger partial charge in [-0.2, -0.15) is 0 Å². The normalized spacial score (nSPS) is 35.5. The van der Waals surface area contributed by atoms with Gasteiger partial charge in [0, 0.05) is 11.5 Å². The van der Waals surface area contributed by atoms with Crippen LogP contribution in [-0.4, -0.2) is 45.5 Å². The number of ketones is 4. The Balaban J connectivity index is 1.81. The second-order valence-corrected chi connectivity index (χ2v) is 16.1. The SMILES string of the molecule is CC(C)=CCCC(C)=CCC12CC3CC4C(C)(C)OOC(C(C)(C)O)CC4(C1=O)C(=O)C(C(=O)c1ccccc1)(C2=O)C3(C)C. The average Bonchev–Trinajstić information content (AvgIpc) is 3.16. The van der Waals surface area contributed by atoms with Crippen molar-refractivity contribution in [3.8, 4) is 0 Å². The second-order valence-electron chi connectivity index (χ2n) is 16.1. The molecule has 1 aliphatic heterocycles. The maximum Gasteiger partial charge on any atom is 0.184 e. The maximum atomic E-state index is 15.6. The Morgan fingerprint density at radius 1 is 0.956 bits per heavy atom. The van der Waals surface area contributed by atoms with E-state index >= 15 is 14.4 Å². The zero-order valence-electron chi connectivity index (χ0n) is 28.4. The molecule has 6 unspecified atom stereocenters. The smallest absolute Gasteiger partial charge is 0.184 e. The lowest BCUT2D eigenvalue weighted by Crippen LogP contribution is -2.76. The monoisotopic (exact) mass is 618 g/mol. The van der Waals surface area contributed by atoms with Gasteiger partial charge in [0.2, 0.25) is 0 Å². The number of benzene rings is 1. The lowest BCUT2D eigenvalue weighted by atomic mass is 9.36. The molecule has 1 aromatic rings. The molecule has 7 nitrogen and oxygen atoms in total. The molecule has 4 bridgehead atoms. The third-order valence-corrected chi connectivity index (χ3v) is 11.8. The number of carbonyl (C=O) groups is 4. The molecule has 1 spiro atoms. The Morgan fingerprint density at radius 3 is 2.20 bits per heavy atom. The molecule has 4 saturated carbocycles. The van der Waals surface area contributed by atoms with Gasteiger partial charge in [-0.05, 0) is 98.3 Å². The van der Waals surface area contributed by atoms with E-state index in [4.69, 9.17) is 9.78 Å². The topological polar surface area (TPSA) is 107 Å². The van der Waals surface area contributed by atoms with Gasteiger partial charge in [-0.15, -0.1) is 0 Å². The van der Waals surface area contributed by atoms with Gasteiger partial charge in [-0.1, -0.05) is 67.5 Å². The summed E-state index contributed by atoms with van der Waals surface area (Å²) in [5.41, 5.74) is -6.59. The molecular formula is C38H50O7. The van der Waals surface area contributed by atoms with Crippen LogP contribution < -0.4 is 0 Å². The summed E-state index contributed by atoms with van der Waals surface area (Å²) in [4.78, 5) is 73.3. The molecule has 0 aromatic heterocycles. The van der Waals surface area contributed by atoms with E-state index < -0.39 is 68.0 Å². The summed E-state index contributed by atoms with van der Waals surface area (Å²) in [5.74, 6) is -3.18. The first kappa shape index (κ1) is 33.6. The molecular weight excluding hydrogens is 568 g/mol. The molecule has 7 heteroatoms. The van der Waals surface area contributed by atoms with Crippen molar-refractivity contribution in [2.75, 3.05) is 0 Å². The van der Waals surface area contributed by atoms with Crippen LogP contribution in [0.25, 0.3) is 0 Å². The minimum absolute atomic E-state index is 0.124. The highest BCUT2D eigenvalue weighted by molar-refractivity contribution is 6.42. The standard InChI is InChI=1S/C38H50O7/c1-23(2)14-13-15-24(3)18-19-36-21-26-20-27-35(8,9)45-44-28(34(6,7)43)22-37(27,30(36)40)32(42)38(31(36)41,33(26,4)5)29(39)25-16-11-10-12-17-25/h10-12,14,16-18,26-28,43H,13,15,19-22H2,1-9H3. The third-order valence-electron chi connectivity index (χ3n) is 11.8. The van der Waals surface area contributed by atoms with Crippen LogP contribution in [0.2, 0.25) is 0 Å². The van der Waals surface area contributed by atoms with E-state index in [0.29, 0.717) is 6.42 Å².